The number of hydrogen-bond donors (Lipinski definition) is 0. The topological polar surface area (TPSA) is 46.3 Å². The summed E-state index contributed by atoms with van der Waals surface area (Å²) >= 11 is 0. The number of hydrogen-bond acceptors (Lipinski definition) is 3. The summed E-state index contributed by atoms with van der Waals surface area (Å²) in [7, 11) is 1.74. The van der Waals surface area contributed by atoms with Crippen LogP contribution in [0.5, 0.6) is 0 Å². The number of rotatable bonds is 2. The van der Waals surface area contributed by atoms with E-state index in [4.69, 9.17) is 4.52 Å². The van der Waals surface area contributed by atoms with Crippen LogP contribution in [-0.2, 0) is 0 Å². The molecule has 0 radical (unpaired) electrons. The van der Waals surface area contributed by atoms with Gasteiger partial charge in [0.15, 0.2) is 5.69 Å². The van der Waals surface area contributed by atoms with Crippen molar-refractivity contribution in [1.29, 1.82) is 0 Å². The molecule has 0 saturated carbocycles. The van der Waals surface area contributed by atoms with E-state index in [9.17, 15) is 4.79 Å². The Morgan fingerprint density at radius 3 is 2.50 bits per heavy atom. The normalized spacial score (nSPS) is 10.4. The second-order valence-electron chi connectivity index (χ2n) is 4.48. The predicted molar refractivity (Wildman–Crippen MR) is 69.9 cm³/mol. The minimum atomic E-state index is -0.168. The largest absolute Gasteiger partial charge is 0.361 e. The van der Waals surface area contributed by atoms with Crippen molar-refractivity contribution in [3.8, 4) is 0 Å². The minimum absolute atomic E-state index is 0.168. The molecule has 2 aromatic rings. The molecule has 1 aromatic carbocycles. The molecule has 1 aromatic heterocycles. The minimum Gasteiger partial charge on any atom is -0.361 e. The van der Waals surface area contributed by atoms with Crippen molar-refractivity contribution in [2.45, 2.75) is 20.8 Å². The molecule has 0 aliphatic heterocycles. The first-order valence-corrected chi connectivity index (χ1v) is 5.77. The molecule has 0 spiro atoms. The second kappa shape index (κ2) is 4.64. The van der Waals surface area contributed by atoms with Crippen molar-refractivity contribution >= 4 is 11.6 Å². The highest BCUT2D eigenvalue weighted by molar-refractivity contribution is 6.04. The molecule has 4 nitrogen and oxygen atoms in total. The SMILES string of the molecule is Cc1ccc(N(C)C(=O)c2cc(C)on2)c(C)c1. The van der Waals surface area contributed by atoms with Crippen LogP contribution >= 0.6 is 0 Å². The molecule has 0 fully saturated rings. The average molecular weight is 244 g/mol. The molecule has 18 heavy (non-hydrogen) atoms. The summed E-state index contributed by atoms with van der Waals surface area (Å²) in [5.74, 6) is 0.464. The highest BCUT2D eigenvalue weighted by Gasteiger charge is 2.18. The van der Waals surface area contributed by atoms with Gasteiger partial charge in [-0.05, 0) is 32.4 Å². The predicted octanol–water partition coefficient (Wildman–Crippen LogP) is 2.88. The van der Waals surface area contributed by atoms with E-state index in [1.165, 1.54) is 5.56 Å². The molecule has 94 valence electrons. The van der Waals surface area contributed by atoms with Crippen molar-refractivity contribution < 1.29 is 9.32 Å². The fraction of sp³-hybridized carbons (Fsp3) is 0.286. The molecule has 0 unspecified atom stereocenters. The number of nitrogens with zero attached hydrogens (tertiary/aromatic N) is 2. The van der Waals surface area contributed by atoms with E-state index in [0.29, 0.717) is 11.5 Å². The van der Waals surface area contributed by atoms with Gasteiger partial charge in [-0.15, -0.1) is 0 Å². The fourth-order valence-corrected chi connectivity index (χ4v) is 1.93. The fourth-order valence-electron chi connectivity index (χ4n) is 1.93. The van der Waals surface area contributed by atoms with Crippen LogP contribution in [0.15, 0.2) is 28.8 Å². The lowest BCUT2D eigenvalue weighted by Gasteiger charge is -2.18. The smallest absolute Gasteiger partial charge is 0.280 e. The molecule has 0 aliphatic rings. The zero-order valence-electron chi connectivity index (χ0n) is 11.0. The van der Waals surface area contributed by atoms with Gasteiger partial charge in [0.05, 0.1) is 0 Å². The second-order valence-corrected chi connectivity index (χ2v) is 4.48. The zero-order chi connectivity index (χ0) is 13.3. The maximum absolute atomic E-state index is 12.2. The quantitative estimate of drug-likeness (QED) is 0.816. The zero-order valence-corrected chi connectivity index (χ0v) is 11.0. The number of anilines is 1. The lowest BCUT2D eigenvalue weighted by Crippen LogP contribution is -2.27. The lowest BCUT2D eigenvalue weighted by molar-refractivity contribution is 0.0984. The molecule has 2 rings (SSSR count). The Bertz CT molecular complexity index is 587. The monoisotopic (exact) mass is 244 g/mol. The first-order valence-electron chi connectivity index (χ1n) is 5.77. The van der Waals surface area contributed by atoms with Crippen LogP contribution in [0.2, 0.25) is 0 Å². The van der Waals surface area contributed by atoms with E-state index in [1.807, 2.05) is 32.0 Å². The van der Waals surface area contributed by atoms with Gasteiger partial charge in [-0.3, -0.25) is 4.79 Å². The van der Waals surface area contributed by atoms with Crippen LogP contribution in [0.1, 0.15) is 27.4 Å². The number of aryl methyl sites for hydroxylation is 3. The average Bonchev–Trinajstić information content (AvgIpc) is 2.74. The Morgan fingerprint density at radius 1 is 1.22 bits per heavy atom. The van der Waals surface area contributed by atoms with Crippen LogP contribution in [-0.4, -0.2) is 18.1 Å². The van der Waals surface area contributed by atoms with Crippen LogP contribution < -0.4 is 4.90 Å². The molecular formula is C14H16N2O2. The Morgan fingerprint density at radius 2 is 1.94 bits per heavy atom. The van der Waals surface area contributed by atoms with Crippen molar-refractivity contribution in [1.82, 2.24) is 5.16 Å². The first-order chi connectivity index (χ1) is 8.49. The van der Waals surface area contributed by atoms with Crippen molar-refractivity contribution in [2.75, 3.05) is 11.9 Å². The van der Waals surface area contributed by atoms with Crippen LogP contribution in [0.25, 0.3) is 0 Å². The van der Waals surface area contributed by atoms with Gasteiger partial charge in [-0.25, -0.2) is 0 Å². The van der Waals surface area contributed by atoms with Gasteiger partial charge < -0.3 is 9.42 Å². The van der Waals surface area contributed by atoms with Crippen molar-refractivity contribution in [3.05, 3.63) is 46.8 Å². The lowest BCUT2D eigenvalue weighted by atomic mass is 10.1. The molecule has 4 heteroatoms. The van der Waals surface area contributed by atoms with Gasteiger partial charge in [0.2, 0.25) is 0 Å². The summed E-state index contributed by atoms with van der Waals surface area (Å²) in [4.78, 5) is 13.8. The van der Waals surface area contributed by atoms with Gasteiger partial charge in [0.1, 0.15) is 5.76 Å². The molecule has 1 amide bonds. The molecule has 0 bridgehead atoms. The molecule has 1 heterocycles. The Hall–Kier alpha value is -2.10. The van der Waals surface area contributed by atoms with Gasteiger partial charge >= 0.3 is 0 Å². The maximum Gasteiger partial charge on any atom is 0.280 e. The van der Waals surface area contributed by atoms with Crippen LogP contribution in [0, 0.1) is 20.8 Å². The third kappa shape index (κ3) is 2.27. The Kier molecular flexibility index (Phi) is 3.19. The van der Waals surface area contributed by atoms with Crippen LogP contribution in [0.4, 0.5) is 5.69 Å². The van der Waals surface area contributed by atoms with E-state index in [1.54, 1.807) is 24.9 Å². The van der Waals surface area contributed by atoms with Crippen molar-refractivity contribution in [2.24, 2.45) is 0 Å². The van der Waals surface area contributed by atoms with Gasteiger partial charge in [0.25, 0.3) is 5.91 Å². The van der Waals surface area contributed by atoms with E-state index >= 15 is 0 Å². The molecular weight excluding hydrogens is 228 g/mol. The summed E-state index contributed by atoms with van der Waals surface area (Å²) in [6.07, 6.45) is 0. The Labute approximate surface area is 106 Å². The number of carbonyl (C=O) groups is 1. The van der Waals surface area contributed by atoms with E-state index < -0.39 is 0 Å². The van der Waals surface area contributed by atoms with Gasteiger partial charge in [-0.2, -0.15) is 0 Å². The third-order valence-electron chi connectivity index (χ3n) is 2.87. The first kappa shape index (κ1) is 12.4. The highest BCUT2D eigenvalue weighted by Crippen LogP contribution is 2.21. The summed E-state index contributed by atoms with van der Waals surface area (Å²) < 4.78 is 4.92. The summed E-state index contributed by atoms with van der Waals surface area (Å²) in [5.41, 5.74) is 3.45. The van der Waals surface area contributed by atoms with Gasteiger partial charge in [-0.1, -0.05) is 22.9 Å². The number of aromatic nitrogens is 1. The number of benzene rings is 1. The van der Waals surface area contributed by atoms with E-state index in [2.05, 4.69) is 5.16 Å². The number of carbonyl (C=O) groups excluding carboxylic acids is 1. The molecule has 0 N–H and O–H groups in total. The molecule has 0 aliphatic carbocycles. The highest BCUT2D eigenvalue weighted by atomic mass is 16.5. The van der Waals surface area contributed by atoms with E-state index in [0.717, 1.165) is 11.3 Å². The van der Waals surface area contributed by atoms with Crippen molar-refractivity contribution in [3.63, 3.8) is 0 Å². The molecule has 0 atom stereocenters. The summed E-state index contributed by atoms with van der Waals surface area (Å²) in [6, 6.07) is 7.62. The van der Waals surface area contributed by atoms with Gasteiger partial charge in [0, 0.05) is 18.8 Å². The number of amides is 1. The third-order valence-corrected chi connectivity index (χ3v) is 2.87. The standard InChI is InChI=1S/C14H16N2O2/c1-9-5-6-13(10(2)7-9)16(4)14(17)12-8-11(3)18-15-12/h5-8H,1-4H3. The maximum atomic E-state index is 12.2. The summed E-state index contributed by atoms with van der Waals surface area (Å²) in [5, 5.41) is 3.74. The summed E-state index contributed by atoms with van der Waals surface area (Å²) in [6.45, 7) is 5.78. The molecule has 0 saturated heterocycles. The Balaban J connectivity index is 2.31. The van der Waals surface area contributed by atoms with Crippen LogP contribution in [0.3, 0.4) is 0 Å². The van der Waals surface area contributed by atoms with E-state index in [-0.39, 0.29) is 5.91 Å².